The Balaban J connectivity index is 1.58. The van der Waals surface area contributed by atoms with E-state index in [0.717, 1.165) is 16.7 Å². The maximum atomic E-state index is 12.4. The lowest BCUT2D eigenvalue weighted by atomic mass is 10.0. The minimum Gasteiger partial charge on any atom is -0.457 e. The highest BCUT2D eigenvalue weighted by Gasteiger charge is 2.38. The zero-order valence-electron chi connectivity index (χ0n) is 16.5. The van der Waals surface area contributed by atoms with Crippen molar-refractivity contribution in [2.45, 2.75) is 33.2 Å². The van der Waals surface area contributed by atoms with E-state index in [9.17, 15) is 14.4 Å². The highest BCUT2D eigenvalue weighted by Crippen LogP contribution is 2.29. The van der Waals surface area contributed by atoms with E-state index >= 15 is 0 Å². The van der Waals surface area contributed by atoms with E-state index in [2.05, 4.69) is 0 Å². The molecule has 0 radical (unpaired) electrons. The summed E-state index contributed by atoms with van der Waals surface area (Å²) >= 11 is 0. The fourth-order valence-corrected chi connectivity index (χ4v) is 3.63. The topological polar surface area (TPSA) is 63.7 Å². The molecule has 5 nitrogen and oxygen atoms in total. The predicted molar refractivity (Wildman–Crippen MR) is 106 cm³/mol. The van der Waals surface area contributed by atoms with Crippen LogP contribution in [0.2, 0.25) is 0 Å². The monoisotopic (exact) mass is 379 g/mol. The van der Waals surface area contributed by atoms with Crippen LogP contribution in [0.1, 0.15) is 46.4 Å². The number of carbonyl (C=O) groups is 3. The number of carbonyl (C=O) groups excluding carboxylic acids is 3. The van der Waals surface area contributed by atoms with Gasteiger partial charge in [0.15, 0.2) is 6.61 Å². The number of esters is 1. The molecule has 5 heteroatoms. The summed E-state index contributed by atoms with van der Waals surface area (Å²) in [6.07, 6.45) is 0.119. The molecule has 1 heterocycles. The molecule has 2 aromatic rings. The molecule has 1 saturated heterocycles. The first-order chi connectivity index (χ1) is 13.4. The molecule has 1 aliphatic rings. The number of rotatable bonds is 6. The van der Waals surface area contributed by atoms with Crippen molar-refractivity contribution in [3.63, 3.8) is 0 Å². The summed E-state index contributed by atoms with van der Waals surface area (Å²) in [6.45, 7) is 5.78. The maximum Gasteiger partial charge on any atom is 0.311 e. The van der Waals surface area contributed by atoms with Crippen LogP contribution in [0.5, 0.6) is 0 Å². The third kappa shape index (κ3) is 4.30. The van der Waals surface area contributed by atoms with Crippen molar-refractivity contribution in [3.8, 4) is 0 Å². The molecule has 28 heavy (non-hydrogen) atoms. The van der Waals surface area contributed by atoms with Crippen LogP contribution in [-0.2, 0) is 14.3 Å². The molecule has 1 aliphatic heterocycles. The molecule has 2 aromatic carbocycles. The van der Waals surface area contributed by atoms with Crippen LogP contribution in [-0.4, -0.2) is 35.7 Å². The average molecular weight is 379 g/mol. The number of ketones is 1. The van der Waals surface area contributed by atoms with Gasteiger partial charge in [-0.3, -0.25) is 14.4 Å². The van der Waals surface area contributed by atoms with E-state index in [-0.39, 0.29) is 30.8 Å². The minimum atomic E-state index is -0.537. The van der Waals surface area contributed by atoms with Crippen molar-refractivity contribution < 1.29 is 19.1 Å². The van der Waals surface area contributed by atoms with Crippen molar-refractivity contribution in [1.82, 2.24) is 4.90 Å². The minimum absolute atomic E-state index is 0.0704. The van der Waals surface area contributed by atoms with Crippen molar-refractivity contribution >= 4 is 17.7 Å². The Bertz CT molecular complexity index is 891. The van der Waals surface area contributed by atoms with E-state index in [0.29, 0.717) is 12.1 Å². The molecule has 2 atom stereocenters. The predicted octanol–water partition coefficient (Wildman–Crippen LogP) is 3.64. The van der Waals surface area contributed by atoms with E-state index in [1.807, 2.05) is 63.2 Å². The average Bonchev–Trinajstić information content (AvgIpc) is 3.07. The van der Waals surface area contributed by atoms with Gasteiger partial charge in [-0.05, 0) is 31.9 Å². The molecule has 1 fully saturated rings. The van der Waals surface area contributed by atoms with Gasteiger partial charge in [-0.15, -0.1) is 0 Å². The Labute approximate surface area is 165 Å². The second kappa shape index (κ2) is 8.38. The molecule has 0 aromatic heterocycles. The van der Waals surface area contributed by atoms with Gasteiger partial charge in [-0.2, -0.15) is 0 Å². The van der Waals surface area contributed by atoms with Gasteiger partial charge in [0.1, 0.15) is 0 Å². The first kappa shape index (κ1) is 19.8. The zero-order chi connectivity index (χ0) is 20.3. The molecule has 146 valence electrons. The summed E-state index contributed by atoms with van der Waals surface area (Å²) in [5.41, 5.74) is 3.51. The van der Waals surface area contributed by atoms with Crippen molar-refractivity contribution in [2.24, 2.45) is 5.92 Å². The van der Waals surface area contributed by atoms with Crippen molar-refractivity contribution in [2.75, 3.05) is 13.2 Å². The maximum absolute atomic E-state index is 12.4. The van der Waals surface area contributed by atoms with E-state index in [1.54, 1.807) is 11.0 Å². The Morgan fingerprint density at radius 3 is 2.54 bits per heavy atom. The number of likely N-dealkylation sites (tertiary alicyclic amines) is 1. The molecule has 1 amide bonds. The third-order valence-corrected chi connectivity index (χ3v) is 5.27. The summed E-state index contributed by atoms with van der Waals surface area (Å²) < 4.78 is 5.24. The van der Waals surface area contributed by atoms with Gasteiger partial charge in [0.05, 0.1) is 12.0 Å². The van der Waals surface area contributed by atoms with Crippen LogP contribution in [0.3, 0.4) is 0 Å². The second-order valence-corrected chi connectivity index (χ2v) is 7.38. The largest absolute Gasteiger partial charge is 0.457 e. The Morgan fingerprint density at radius 2 is 1.86 bits per heavy atom. The van der Waals surface area contributed by atoms with Crippen molar-refractivity contribution in [1.29, 1.82) is 0 Å². The molecule has 0 bridgehead atoms. The lowest BCUT2D eigenvalue weighted by Gasteiger charge is -2.25. The summed E-state index contributed by atoms with van der Waals surface area (Å²) in [7, 11) is 0. The number of aryl methyl sites for hydroxylation is 2. The van der Waals surface area contributed by atoms with Crippen LogP contribution < -0.4 is 0 Å². The molecular formula is C23H25NO4. The first-order valence-corrected chi connectivity index (χ1v) is 9.48. The molecule has 0 N–H and O–H groups in total. The van der Waals surface area contributed by atoms with Crippen LogP contribution in [0.4, 0.5) is 0 Å². The van der Waals surface area contributed by atoms with Crippen LogP contribution in [0, 0.1) is 19.8 Å². The van der Waals surface area contributed by atoms with Crippen LogP contribution in [0.15, 0.2) is 48.5 Å². The van der Waals surface area contributed by atoms with Gasteiger partial charge in [-0.25, -0.2) is 0 Å². The molecule has 0 saturated carbocycles. The quantitative estimate of drug-likeness (QED) is 0.568. The second-order valence-electron chi connectivity index (χ2n) is 7.38. The van der Waals surface area contributed by atoms with Crippen molar-refractivity contribution in [3.05, 3.63) is 70.8 Å². The summed E-state index contributed by atoms with van der Waals surface area (Å²) in [4.78, 5) is 38.9. The number of ether oxygens (including phenoxy) is 1. The number of Topliss-reactive ketones (excluding diaryl/α,β-unsaturated/α-hetero) is 1. The van der Waals surface area contributed by atoms with E-state index < -0.39 is 11.9 Å². The highest BCUT2D eigenvalue weighted by atomic mass is 16.5. The third-order valence-electron chi connectivity index (χ3n) is 5.27. The van der Waals surface area contributed by atoms with Gasteiger partial charge >= 0.3 is 5.97 Å². The van der Waals surface area contributed by atoms with Gasteiger partial charge in [0, 0.05) is 18.5 Å². The Hall–Kier alpha value is -2.95. The molecule has 0 unspecified atom stereocenters. The number of amides is 1. The van der Waals surface area contributed by atoms with E-state index in [4.69, 9.17) is 4.74 Å². The highest BCUT2D eigenvalue weighted by molar-refractivity contribution is 5.99. The SMILES string of the molecule is Cc1ccc(C(=O)COC(=O)[C@H]2CC(=O)N([C@H](C)c3ccccc3)C2)c(C)c1. The fourth-order valence-electron chi connectivity index (χ4n) is 3.63. The Kier molecular flexibility index (Phi) is 5.93. The number of hydrogen-bond donors (Lipinski definition) is 0. The van der Waals surface area contributed by atoms with Crippen LogP contribution >= 0.6 is 0 Å². The summed E-state index contributed by atoms with van der Waals surface area (Å²) in [6, 6.07) is 15.1. The summed E-state index contributed by atoms with van der Waals surface area (Å²) in [5.74, 6) is -1.33. The molecule has 0 spiro atoms. The lowest BCUT2D eigenvalue weighted by Crippen LogP contribution is -2.30. The lowest BCUT2D eigenvalue weighted by molar-refractivity contribution is -0.147. The van der Waals surface area contributed by atoms with E-state index in [1.165, 1.54) is 0 Å². The number of hydrogen-bond acceptors (Lipinski definition) is 4. The van der Waals surface area contributed by atoms with Gasteiger partial charge in [-0.1, -0.05) is 54.1 Å². The zero-order valence-corrected chi connectivity index (χ0v) is 16.5. The van der Waals surface area contributed by atoms with Crippen LogP contribution in [0.25, 0.3) is 0 Å². The summed E-state index contributed by atoms with van der Waals surface area (Å²) in [5, 5.41) is 0. The number of benzene rings is 2. The smallest absolute Gasteiger partial charge is 0.311 e. The standard InChI is InChI=1S/C23H25NO4/c1-15-9-10-20(16(2)11-15)21(25)14-28-23(27)19-12-22(26)24(13-19)17(3)18-7-5-4-6-8-18/h4-11,17,19H,12-14H2,1-3H3/t17-,19+/m1/s1. The molecular weight excluding hydrogens is 354 g/mol. The number of nitrogens with zero attached hydrogens (tertiary/aromatic N) is 1. The van der Waals surface area contributed by atoms with Gasteiger partial charge in [0.25, 0.3) is 0 Å². The first-order valence-electron chi connectivity index (χ1n) is 9.48. The fraction of sp³-hybridized carbons (Fsp3) is 0.348. The van der Waals surface area contributed by atoms with Gasteiger partial charge in [0.2, 0.25) is 11.7 Å². The van der Waals surface area contributed by atoms with Gasteiger partial charge < -0.3 is 9.64 Å². The normalized spacial score (nSPS) is 17.5. The molecule has 3 rings (SSSR count). The molecule has 0 aliphatic carbocycles. The Morgan fingerprint density at radius 1 is 1.14 bits per heavy atom.